The van der Waals surface area contributed by atoms with Crippen molar-refractivity contribution in [3.63, 3.8) is 0 Å². The summed E-state index contributed by atoms with van der Waals surface area (Å²) in [7, 11) is 3.30. The zero-order valence-corrected chi connectivity index (χ0v) is 17.7. The average Bonchev–Trinajstić information content (AvgIpc) is 3.51. The number of methoxy groups -OCH3 is 1. The van der Waals surface area contributed by atoms with Crippen molar-refractivity contribution in [3.05, 3.63) is 66.7 Å². The van der Waals surface area contributed by atoms with Crippen LogP contribution < -0.4 is 15.8 Å². The fraction of sp³-hybridized carbons (Fsp3) is 0.174. The highest BCUT2D eigenvalue weighted by molar-refractivity contribution is 5.78. The largest absolute Gasteiger partial charge is 0.496 e. The molecule has 4 aromatic rings. The van der Waals surface area contributed by atoms with Gasteiger partial charge in [0.2, 0.25) is 11.8 Å². The lowest BCUT2D eigenvalue weighted by Gasteiger charge is -2.17. The minimum atomic E-state index is -0.137. The first kappa shape index (κ1) is 21.1. The Kier molecular flexibility index (Phi) is 6.18. The second-order valence-electron chi connectivity index (χ2n) is 7.02. The number of nitrogens with two attached hydrogens (primary N) is 1. The van der Waals surface area contributed by atoms with Crippen molar-refractivity contribution in [2.75, 3.05) is 26.0 Å². The van der Waals surface area contributed by atoms with Crippen molar-refractivity contribution in [1.82, 2.24) is 14.9 Å². The number of carbonyl (C=O) groups excluding carboxylic acids is 1. The molecule has 0 aliphatic carbocycles. The molecule has 0 saturated heterocycles. The fourth-order valence-electron chi connectivity index (χ4n) is 3.28. The van der Waals surface area contributed by atoms with Gasteiger partial charge in [0.25, 0.3) is 6.01 Å². The predicted molar refractivity (Wildman–Crippen MR) is 119 cm³/mol. The number of likely N-dealkylation sites (N-methyl/N-ethyl adjacent to an activating group) is 1. The molecule has 9 heteroatoms. The number of anilines is 2. The first-order valence-electron chi connectivity index (χ1n) is 9.92. The van der Waals surface area contributed by atoms with E-state index in [9.17, 15) is 4.79 Å². The molecular formula is C23H23N5O4. The molecule has 9 nitrogen and oxygen atoms in total. The molecule has 0 atom stereocenters. The minimum absolute atomic E-state index is 0.0344. The Hall–Kier alpha value is -4.11. The molecule has 0 radical (unpaired) electrons. The molecule has 164 valence electrons. The third kappa shape index (κ3) is 4.47. The number of hydrogen-bond acceptors (Lipinski definition) is 8. The zero-order chi connectivity index (χ0) is 22.5. The first-order chi connectivity index (χ1) is 15.6. The van der Waals surface area contributed by atoms with E-state index < -0.39 is 0 Å². The van der Waals surface area contributed by atoms with E-state index in [4.69, 9.17) is 19.3 Å². The first-order valence-corrected chi connectivity index (χ1v) is 9.92. The van der Waals surface area contributed by atoms with Gasteiger partial charge < -0.3 is 29.5 Å². The highest BCUT2D eigenvalue weighted by Crippen LogP contribution is 2.33. The number of rotatable bonds is 8. The van der Waals surface area contributed by atoms with Crippen LogP contribution in [0.2, 0.25) is 0 Å². The number of hydrogen-bond donors (Lipinski definition) is 2. The fourth-order valence-corrected chi connectivity index (χ4v) is 3.28. The number of amides is 1. The number of aromatic nitrogens is 2. The van der Waals surface area contributed by atoms with Crippen molar-refractivity contribution in [2.24, 2.45) is 5.73 Å². The Bertz CT molecular complexity index is 1200. The maximum Gasteiger partial charge on any atom is 0.299 e. The van der Waals surface area contributed by atoms with Crippen molar-refractivity contribution < 1.29 is 18.4 Å². The van der Waals surface area contributed by atoms with Gasteiger partial charge in [-0.25, -0.2) is 9.97 Å². The number of nitrogens with zero attached hydrogens (tertiary/aromatic N) is 3. The van der Waals surface area contributed by atoms with Gasteiger partial charge in [0.15, 0.2) is 5.76 Å². The normalized spacial score (nSPS) is 10.7. The van der Waals surface area contributed by atoms with Crippen LogP contribution in [-0.2, 0) is 11.3 Å². The van der Waals surface area contributed by atoms with Gasteiger partial charge in [0, 0.05) is 30.9 Å². The molecule has 1 amide bonds. The van der Waals surface area contributed by atoms with Gasteiger partial charge in [-0.1, -0.05) is 24.3 Å². The standard InChI is InChI=1S/C23H23N5O4/c1-28(21(29)12-24)14-15-5-3-4-6-17(15)20-13-26-23(32-20)27-16-7-8-18(19(11-16)30-2)22-25-9-10-31-22/h3-11,13H,12,14,24H2,1-2H3,(H,26,27). The SMILES string of the molecule is COc1cc(Nc2ncc(-c3ccccc3CN(C)C(=O)CN)o2)ccc1-c1ncco1. The van der Waals surface area contributed by atoms with Crippen LogP contribution in [0.3, 0.4) is 0 Å². The van der Waals surface area contributed by atoms with E-state index in [0.717, 1.165) is 22.4 Å². The number of oxazole rings is 2. The Balaban J connectivity index is 1.55. The summed E-state index contributed by atoms with van der Waals surface area (Å²) < 4.78 is 16.8. The lowest BCUT2D eigenvalue weighted by Crippen LogP contribution is -2.32. The molecule has 0 unspecified atom stereocenters. The molecule has 32 heavy (non-hydrogen) atoms. The van der Waals surface area contributed by atoms with Crippen LogP contribution in [0.5, 0.6) is 5.75 Å². The molecule has 0 fully saturated rings. The van der Waals surface area contributed by atoms with Gasteiger partial charge in [0.05, 0.1) is 31.6 Å². The van der Waals surface area contributed by atoms with Crippen LogP contribution in [-0.4, -0.2) is 41.5 Å². The molecule has 0 aliphatic rings. The van der Waals surface area contributed by atoms with E-state index in [1.165, 1.54) is 6.26 Å². The summed E-state index contributed by atoms with van der Waals surface area (Å²) >= 11 is 0. The number of carbonyl (C=O) groups is 1. The van der Waals surface area contributed by atoms with E-state index in [2.05, 4.69) is 15.3 Å². The number of ether oxygens (including phenoxy) is 1. The van der Waals surface area contributed by atoms with Crippen molar-refractivity contribution >= 4 is 17.6 Å². The van der Waals surface area contributed by atoms with E-state index in [1.807, 2.05) is 42.5 Å². The monoisotopic (exact) mass is 433 g/mol. The predicted octanol–water partition coefficient (Wildman–Crippen LogP) is 3.67. The Labute approximate surface area is 184 Å². The maximum absolute atomic E-state index is 11.9. The van der Waals surface area contributed by atoms with Gasteiger partial charge in [-0.3, -0.25) is 4.79 Å². The summed E-state index contributed by atoms with van der Waals surface area (Å²) in [5, 5.41) is 3.14. The van der Waals surface area contributed by atoms with Gasteiger partial charge in [-0.05, 0) is 17.7 Å². The van der Waals surface area contributed by atoms with Crippen molar-refractivity contribution in [3.8, 4) is 28.5 Å². The summed E-state index contributed by atoms with van der Waals surface area (Å²) in [6, 6.07) is 13.5. The molecule has 2 aromatic carbocycles. The van der Waals surface area contributed by atoms with Crippen LogP contribution in [0.15, 0.2) is 70.0 Å². The van der Waals surface area contributed by atoms with Crippen LogP contribution in [0, 0.1) is 0 Å². The van der Waals surface area contributed by atoms with Crippen LogP contribution in [0.25, 0.3) is 22.8 Å². The summed E-state index contributed by atoms with van der Waals surface area (Å²) in [5.41, 5.74) is 8.71. The smallest absolute Gasteiger partial charge is 0.299 e. The molecule has 0 aliphatic heterocycles. The Morgan fingerprint density at radius 2 is 2.03 bits per heavy atom. The van der Waals surface area contributed by atoms with Crippen LogP contribution in [0.1, 0.15) is 5.56 Å². The van der Waals surface area contributed by atoms with Crippen molar-refractivity contribution in [1.29, 1.82) is 0 Å². The highest BCUT2D eigenvalue weighted by Gasteiger charge is 2.15. The lowest BCUT2D eigenvalue weighted by molar-refractivity contribution is -0.128. The Morgan fingerprint density at radius 3 is 2.78 bits per heavy atom. The van der Waals surface area contributed by atoms with Gasteiger partial charge in [-0.2, -0.15) is 0 Å². The van der Waals surface area contributed by atoms with E-state index in [0.29, 0.717) is 30.0 Å². The van der Waals surface area contributed by atoms with Crippen LogP contribution >= 0.6 is 0 Å². The van der Waals surface area contributed by atoms with E-state index in [1.54, 1.807) is 31.5 Å². The highest BCUT2D eigenvalue weighted by atomic mass is 16.5. The molecule has 3 N–H and O–H groups in total. The molecule has 0 spiro atoms. The molecule has 0 bridgehead atoms. The lowest BCUT2D eigenvalue weighted by atomic mass is 10.1. The van der Waals surface area contributed by atoms with Crippen molar-refractivity contribution in [2.45, 2.75) is 6.54 Å². The second kappa shape index (κ2) is 9.36. The molecule has 0 saturated carbocycles. The summed E-state index contributed by atoms with van der Waals surface area (Å²) in [6.45, 7) is 0.377. The maximum atomic E-state index is 11.9. The summed E-state index contributed by atoms with van der Waals surface area (Å²) in [6.07, 6.45) is 4.73. The van der Waals surface area contributed by atoms with Gasteiger partial charge in [0.1, 0.15) is 12.0 Å². The quantitative estimate of drug-likeness (QED) is 0.432. The molecule has 2 heterocycles. The summed E-state index contributed by atoms with van der Waals surface area (Å²) in [5.74, 6) is 1.52. The topological polar surface area (TPSA) is 120 Å². The second-order valence-corrected chi connectivity index (χ2v) is 7.02. The summed E-state index contributed by atoms with van der Waals surface area (Å²) in [4.78, 5) is 21.9. The Morgan fingerprint density at radius 1 is 1.19 bits per heavy atom. The number of benzene rings is 2. The third-order valence-electron chi connectivity index (χ3n) is 4.91. The molecular weight excluding hydrogens is 410 g/mol. The average molecular weight is 433 g/mol. The number of nitrogens with one attached hydrogen (secondary N) is 1. The van der Waals surface area contributed by atoms with Gasteiger partial charge >= 0.3 is 0 Å². The third-order valence-corrected chi connectivity index (χ3v) is 4.91. The molecule has 4 rings (SSSR count). The van der Waals surface area contributed by atoms with Gasteiger partial charge in [-0.15, -0.1) is 0 Å². The van der Waals surface area contributed by atoms with E-state index >= 15 is 0 Å². The van der Waals surface area contributed by atoms with Crippen LogP contribution in [0.4, 0.5) is 11.7 Å². The minimum Gasteiger partial charge on any atom is -0.496 e. The zero-order valence-electron chi connectivity index (χ0n) is 17.7. The molecule has 2 aromatic heterocycles. The van der Waals surface area contributed by atoms with E-state index in [-0.39, 0.29) is 12.5 Å².